The number of benzene rings is 1. The largest absolute Gasteiger partial charge is 0.324 e. The second-order valence-electron chi connectivity index (χ2n) is 4.08. The van der Waals surface area contributed by atoms with Crippen molar-refractivity contribution in [2.75, 3.05) is 5.32 Å². The van der Waals surface area contributed by atoms with Gasteiger partial charge in [-0.25, -0.2) is 0 Å². The topological polar surface area (TPSA) is 70.7 Å². The van der Waals surface area contributed by atoms with Gasteiger partial charge in [-0.1, -0.05) is 17.7 Å². The molecule has 2 aromatic rings. The second-order valence-corrected chi connectivity index (χ2v) is 4.08. The molecule has 0 amide bonds. The summed E-state index contributed by atoms with van der Waals surface area (Å²) in [6.07, 6.45) is 1.14. The summed E-state index contributed by atoms with van der Waals surface area (Å²) in [5, 5.41) is 10.5. The molecule has 0 aliphatic rings. The summed E-state index contributed by atoms with van der Waals surface area (Å²) in [6.45, 7) is 6.07. The molecule has 2 rings (SSSR count). The van der Waals surface area contributed by atoms with Gasteiger partial charge in [-0.05, 0) is 31.9 Å². The van der Waals surface area contributed by atoms with E-state index in [0.29, 0.717) is 5.95 Å². The maximum Gasteiger partial charge on any atom is 0.271 e. The number of H-pyrrole nitrogens is 1. The van der Waals surface area contributed by atoms with Crippen molar-refractivity contribution >= 4 is 11.6 Å². The number of hydrogen-bond acceptors (Lipinski definition) is 4. The van der Waals surface area contributed by atoms with Crippen molar-refractivity contribution in [3.8, 4) is 0 Å². The number of aryl methyl sites for hydroxylation is 3. The first-order chi connectivity index (χ1) is 8.06. The zero-order valence-electron chi connectivity index (χ0n) is 10.0. The predicted molar refractivity (Wildman–Crippen MR) is 66.6 cm³/mol. The average Bonchev–Trinajstić information content (AvgIpc) is 2.23. The van der Waals surface area contributed by atoms with E-state index in [1.165, 1.54) is 5.56 Å². The van der Waals surface area contributed by atoms with E-state index in [1.807, 2.05) is 20.8 Å². The van der Waals surface area contributed by atoms with Crippen molar-refractivity contribution in [2.24, 2.45) is 0 Å². The van der Waals surface area contributed by atoms with Crippen LogP contribution in [0.5, 0.6) is 0 Å². The van der Waals surface area contributed by atoms with E-state index in [9.17, 15) is 4.79 Å². The van der Waals surface area contributed by atoms with Gasteiger partial charge in [0.1, 0.15) is 6.20 Å². The second kappa shape index (κ2) is 4.37. The van der Waals surface area contributed by atoms with Gasteiger partial charge in [0.25, 0.3) is 5.56 Å². The van der Waals surface area contributed by atoms with E-state index in [-0.39, 0.29) is 5.56 Å². The lowest BCUT2D eigenvalue weighted by Crippen LogP contribution is -2.11. The Morgan fingerprint density at radius 2 is 1.82 bits per heavy atom. The van der Waals surface area contributed by atoms with Crippen LogP contribution >= 0.6 is 0 Å². The third-order valence-electron chi connectivity index (χ3n) is 2.49. The van der Waals surface area contributed by atoms with E-state index in [2.05, 4.69) is 32.6 Å². The molecular weight excluding hydrogens is 216 g/mol. The third kappa shape index (κ3) is 2.50. The summed E-state index contributed by atoms with van der Waals surface area (Å²) in [4.78, 5) is 13.7. The zero-order valence-corrected chi connectivity index (χ0v) is 10.0. The molecule has 0 spiro atoms. The van der Waals surface area contributed by atoms with Crippen LogP contribution in [0.2, 0.25) is 0 Å². The normalized spacial score (nSPS) is 10.3. The lowest BCUT2D eigenvalue weighted by molar-refractivity contribution is 0.952. The van der Waals surface area contributed by atoms with Crippen molar-refractivity contribution in [3.63, 3.8) is 0 Å². The quantitative estimate of drug-likeness (QED) is 0.825. The minimum atomic E-state index is -0.273. The monoisotopic (exact) mass is 230 g/mol. The third-order valence-corrected chi connectivity index (χ3v) is 2.49. The van der Waals surface area contributed by atoms with Gasteiger partial charge in [-0.15, -0.1) is 10.2 Å². The van der Waals surface area contributed by atoms with E-state index < -0.39 is 0 Å². The van der Waals surface area contributed by atoms with Crippen LogP contribution in [0.25, 0.3) is 0 Å². The highest BCUT2D eigenvalue weighted by molar-refractivity contribution is 5.63. The Morgan fingerprint density at radius 3 is 2.41 bits per heavy atom. The Kier molecular flexibility index (Phi) is 2.91. The molecule has 0 aliphatic heterocycles. The molecule has 0 atom stereocenters. The number of aromatic nitrogens is 3. The maximum absolute atomic E-state index is 11.1. The van der Waals surface area contributed by atoms with Gasteiger partial charge in [-0.2, -0.15) is 0 Å². The highest BCUT2D eigenvalue weighted by Gasteiger charge is 2.05. The zero-order chi connectivity index (χ0) is 12.4. The van der Waals surface area contributed by atoms with Gasteiger partial charge in [0.05, 0.1) is 0 Å². The molecule has 1 aromatic heterocycles. The summed E-state index contributed by atoms with van der Waals surface area (Å²) in [7, 11) is 0. The van der Waals surface area contributed by atoms with Crippen molar-refractivity contribution in [1.29, 1.82) is 0 Å². The summed E-state index contributed by atoms with van der Waals surface area (Å²) >= 11 is 0. The Balaban J connectivity index is 2.40. The van der Waals surface area contributed by atoms with E-state index >= 15 is 0 Å². The van der Waals surface area contributed by atoms with Gasteiger partial charge in [0.15, 0.2) is 0 Å². The fourth-order valence-electron chi connectivity index (χ4n) is 1.86. The van der Waals surface area contributed by atoms with Crippen LogP contribution < -0.4 is 10.9 Å². The molecule has 5 heteroatoms. The molecule has 0 unspecified atom stereocenters. The molecule has 0 saturated carbocycles. The van der Waals surface area contributed by atoms with Gasteiger partial charge >= 0.3 is 0 Å². The highest BCUT2D eigenvalue weighted by atomic mass is 16.1. The van der Waals surface area contributed by atoms with E-state index in [4.69, 9.17) is 0 Å². The van der Waals surface area contributed by atoms with Crippen LogP contribution in [0.3, 0.4) is 0 Å². The molecule has 0 fully saturated rings. The van der Waals surface area contributed by atoms with Gasteiger partial charge in [0.2, 0.25) is 5.95 Å². The predicted octanol–water partition coefficient (Wildman–Crippen LogP) is 1.83. The van der Waals surface area contributed by atoms with Crippen LogP contribution in [0.1, 0.15) is 16.7 Å². The molecule has 0 radical (unpaired) electrons. The molecule has 0 aliphatic carbocycles. The summed E-state index contributed by atoms with van der Waals surface area (Å²) in [5.74, 6) is 0.354. The molecule has 0 saturated heterocycles. The maximum atomic E-state index is 11.1. The molecule has 5 nitrogen and oxygen atoms in total. The highest BCUT2D eigenvalue weighted by Crippen LogP contribution is 2.23. The first-order valence-electron chi connectivity index (χ1n) is 5.33. The van der Waals surface area contributed by atoms with Crippen molar-refractivity contribution < 1.29 is 0 Å². The van der Waals surface area contributed by atoms with Crippen LogP contribution in [0.4, 0.5) is 11.6 Å². The molecular formula is C12H14N4O. The van der Waals surface area contributed by atoms with Crippen molar-refractivity contribution in [3.05, 3.63) is 45.4 Å². The van der Waals surface area contributed by atoms with Gasteiger partial charge < -0.3 is 5.32 Å². The van der Waals surface area contributed by atoms with E-state index in [0.717, 1.165) is 23.0 Å². The van der Waals surface area contributed by atoms with Crippen molar-refractivity contribution in [1.82, 2.24) is 15.2 Å². The van der Waals surface area contributed by atoms with Gasteiger partial charge in [-0.3, -0.25) is 9.78 Å². The lowest BCUT2D eigenvalue weighted by atomic mass is 10.1. The molecule has 1 heterocycles. The fourth-order valence-corrected chi connectivity index (χ4v) is 1.86. The SMILES string of the molecule is Cc1cc(C)c(Nc2nncc(=O)[nH]2)c(C)c1. The molecule has 17 heavy (non-hydrogen) atoms. The van der Waals surface area contributed by atoms with E-state index in [1.54, 1.807) is 0 Å². The number of anilines is 2. The summed E-state index contributed by atoms with van der Waals surface area (Å²) in [6, 6.07) is 4.15. The Morgan fingerprint density at radius 1 is 1.18 bits per heavy atom. The number of aromatic amines is 1. The average molecular weight is 230 g/mol. The van der Waals surface area contributed by atoms with Crippen LogP contribution in [-0.2, 0) is 0 Å². The Bertz CT molecular complexity index is 580. The first-order valence-corrected chi connectivity index (χ1v) is 5.33. The van der Waals surface area contributed by atoms with Crippen LogP contribution in [0.15, 0.2) is 23.1 Å². The van der Waals surface area contributed by atoms with Crippen LogP contribution in [0, 0.1) is 20.8 Å². The van der Waals surface area contributed by atoms with Gasteiger partial charge in [0, 0.05) is 5.69 Å². The first kappa shape index (κ1) is 11.3. The number of nitrogens with zero attached hydrogens (tertiary/aromatic N) is 2. The molecule has 2 N–H and O–H groups in total. The number of hydrogen-bond donors (Lipinski definition) is 2. The molecule has 0 bridgehead atoms. The van der Waals surface area contributed by atoms with Crippen LogP contribution in [-0.4, -0.2) is 15.2 Å². The smallest absolute Gasteiger partial charge is 0.271 e. The standard InChI is InChI=1S/C12H14N4O/c1-7-4-8(2)11(9(3)5-7)15-12-14-10(17)6-13-16-12/h4-6H,1-3H3,(H2,14,15,16,17). The Hall–Kier alpha value is -2.17. The Labute approximate surface area is 98.9 Å². The summed E-state index contributed by atoms with van der Waals surface area (Å²) in [5.41, 5.74) is 4.10. The number of rotatable bonds is 2. The summed E-state index contributed by atoms with van der Waals surface area (Å²) < 4.78 is 0. The number of nitrogens with one attached hydrogen (secondary N) is 2. The molecule has 88 valence electrons. The molecule has 1 aromatic carbocycles. The minimum Gasteiger partial charge on any atom is -0.324 e. The fraction of sp³-hybridized carbons (Fsp3) is 0.250. The van der Waals surface area contributed by atoms with Crippen molar-refractivity contribution in [2.45, 2.75) is 20.8 Å². The lowest BCUT2D eigenvalue weighted by Gasteiger charge is -2.12. The minimum absolute atomic E-state index is 0.273.